The van der Waals surface area contributed by atoms with Crippen LogP contribution in [0.15, 0.2) is 0 Å². The van der Waals surface area contributed by atoms with E-state index in [4.69, 9.17) is 5.11 Å². The van der Waals surface area contributed by atoms with Crippen LogP contribution in [0.1, 0.15) is 6.42 Å². The molecule has 1 N–H and O–H groups in total. The smallest absolute Gasteiger partial charge is 0.304 e. The molecule has 0 spiro atoms. The summed E-state index contributed by atoms with van der Waals surface area (Å²) in [6.07, 6.45) is 0.649. The normalized spacial score (nSPS) is 13.9. The third-order valence-electron chi connectivity index (χ3n) is 1.41. The molecule has 0 rings (SSSR count). The molecular formula is C8H16NO3+. The van der Waals surface area contributed by atoms with Gasteiger partial charge in [-0.05, 0) is 0 Å². The minimum Gasteiger partial charge on any atom is -0.481 e. The van der Waals surface area contributed by atoms with E-state index in [9.17, 15) is 9.59 Å². The molecule has 0 amide bonds. The van der Waals surface area contributed by atoms with Crippen molar-refractivity contribution >= 4 is 12.3 Å². The number of carboxylic acid groups (broad SMARTS) is 1. The number of aldehydes is 1. The molecule has 0 aromatic carbocycles. The Kier molecular flexibility index (Phi) is 3.89. The summed E-state index contributed by atoms with van der Waals surface area (Å²) in [6, 6.07) is 0. The van der Waals surface area contributed by atoms with Crippen LogP contribution >= 0.6 is 0 Å². The van der Waals surface area contributed by atoms with Gasteiger partial charge in [0.25, 0.3) is 0 Å². The minimum absolute atomic E-state index is 0.0704. The lowest BCUT2D eigenvalue weighted by molar-refractivity contribution is -0.872. The molecule has 0 saturated carbocycles. The summed E-state index contributed by atoms with van der Waals surface area (Å²) in [4.78, 5) is 20.7. The van der Waals surface area contributed by atoms with E-state index in [2.05, 4.69) is 0 Å². The van der Waals surface area contributed by atoms with E-state index in [-0.39, 0.29) is 12.3 Å². The molecule has 0 aliphatic heterocycles. The molecule has 12 heavy (non-hydrogen) atoms. The molecule has 0 bridgehead atoms. The van der Waals surface area contributed by atoms with Crippen molar-refractivity contribution in [2.45, 2.75) is 6.42 Å². The Morgan fingerprint density at radius 3 is 2.25 bits per heavy atom. The van der Waals surface area contributed by atoms with Gasteiger partial charge in [0.1, 0.15) is 6.29 Å². The van der Waals surface area contributed by atoms with Gasteiger partial charge in [-0.2, -0.15) is 0 Å². The van der Waals surface area contributed by atoms with E-state index < -0.39 is 5.97 Å². The molecule has 1 atom stereocenters. The zero-order valence-electron chi connectivity index (χ0n) is 7.78. The van der Waals surface area contributed by atoms with E-state index in [1.54, 1.807) is 0 Å². The third kappa shape index (κ3) is 5.85. The molecule has 4 heteroatoms. The summed E-state index contributed by atoms with van der Waals surface area (Å²) in [5.41, 5.74) is 0. The lowest BCUT2D eigenvalue weighted by Gasteiger charge is -2.26. The highest BCUT2D eigenvalue weighted by molar-refractivity contribution is 5.71. The van der Waals surface area contributed by atoms with Gasteiger partial charge >= 0.3 is 5.97 Å². The largest absolute Gasteiger partial charge is 0.481 e. The number of rotatable bonds is 5. The van der Waals surface area contributed by atoms with Crippen molar-refractivity contribution in [3.05, 3.63) is 0 Å². The average Bonchev–Trinajstić information content (AvgIpc) is 1.82. The number of hydrogen-bond donors (Lipinski definition) is 1. The first-order valence-corrected chi connectivity index (χ1v) is 3.82. The van der Waals surface area contributed by atoms with Crippen molar-refractivity contribution in [1.82, 2.24) is 0 Å². The first-order chi connectivity index (χ1) is 5.35. The SMILES string of the molecule is C[N+](C)(C)C[C@H](C=O)CC(=O)O. The van der Waals surface area contributed by atoms with Crippen LogP contribution in [0.3, 0.4) is 0 Å². The van der Waals surface area contributed by atoms with E-state index in [0.29, 0.717) is 11.0 Å². The van der Waals surface area contributed by atoms with Crippen LogP contribution in [-0.4, -0.2) is 49.5 Å². The maximum atomic E-state index is 10.4. The Balaban J connectivity index is 4.00. The quantitative estimate of drug-likeness (QED) is 0.471. The number of quaternary nitrogens is 1. The van der Waals surface area contributed by atoms with Crippen molar-refractivity contribution < 1.29 is 19.2 Å². The summed E-state index contributed by atoms with van der Waals surface area (Å²) in [6.45, 7) is 0.565. The second kappa shape index (κ2) is 4.21. The molecular weight excluding hydrogens is 158 g/mol. The van der Waals surface area contributed by atoms with Gasteiger partial charge in [-0.25, -0.2) is 0 Å². The fourth-order valence-electron chi connectivity index (χ4n) is 1.08. The van der Waals surface area contributed by atoms with Gasteiger partial charge in [-0.3, -0.25) is 4.79 Å². The predicted octanol–water partition coefficient (Wildman–Crippen LogP) is -0.0176. The molecule has 0 fully saturated rings. The van der Waals surface area contributed by atoms with E-state index >= 15 is 0 Å². The number of nitrogens with zero attached hydrogens (tertiary/aromatic N) is 1. The number of carbonyl (C=O) groups is 2. The van der Waals surface area contributed by atoms with Gasteiger partial charge in [-0.15, -0.1) is 0 Å². The summed E-state index contributed by atoms with van der Waals surface area (Å²) in [7, 11) is 5.79. The Bertz CT molecular complexity index is 172. The average molecular weight is 174 g/mol. The topological polar surface area (TPSA) is 54.4 Å². The van der Waals surface area contributed by atoms with E-state index in [1.807, 2.05) is 21.1 Å². The Morgan fingerprint density at radius 2 is 2.00 bits per heavy atom. The molecule has 0 aromatic rings. The highest BCUT2D eigenvalue weighted by Gasteiger charge is 2.19. The predicted molar refractivity (Wildman–Crippen MR) is 44.7 cm³/mol. The maximum absolute atomic E-state index is 10.4. The fraction of sp³-hybridized carbons (Fsp3) is 0.750. The Hall–Kier alpha value is -0.900. The van der Waals surface area contributed by atoms with Crippen LogP contribution < -0.4 is 0 Å². The summed E-state index contributed by atoms with van der Waals surface area (Å²) in [5.74, 6) is -1.29. The molecule has 0 heterocycles. The second-order valence-corrected chi connectivity index (χ2v) is 3.97. The second-order valence-electron chi connectivity index (χ2n) is 3.97. The highest BCUT2D eigenvalue weighted by Crippen LogP contribution is 2.04. The zero-order chi connectivity index (χ0) is 9.78. The molecule has 0 saturated heterocycles. The molecule has 70 valence electrons. The van der Waals surface area contributed by atoms with Gasteiger partial charge in [0.15, 0.2) is 0 Å². The summed E-state index contributed by atoms with van der Waals surface area (Å²) < 4.78 is 0.608. The van der Waals surface area contributed by atoms with Crippen molar-refractivity contribution in [2.75, 3.05) is 27.7 Å². The van der Waals surface area contributed by atoms with Crippen LogP contribution in [0.2, 0.25) is 0 Å². The summed E-state index contributed by atoms with van der Waals surface area (Å²) in [5, 5.41) is 8.45. The lowest BCUT2D eigenvalue weighted by Crippen LogP contribution is -2.40. The van der Waals surface area contributed by atoms with Crippen molar-refractivity contribution in [3.63, 3.8) is 0 Å². The minimum atomic E-state index is -0.916. The van der Waals surface area contributed by atoms with Gasteiger partial charge in [0.2, 0.25) is 0 Å². The number of carboxylic acids is 1. The molecule has 0 unspecified atom stereocenters. The van der Waals surface area contributed by atoms with Crippen LogP contribution in [0.4, 0.5) is 0 Å². The Morgan fingerprint density at radius 1 is 1.50 bits per heavy atom. The third-order valence-corrected chi connectivity index (χ3v) is 1.41. The molecule has 4 nitrogen and oxygen atoms in total. The molecule has 0 aliphatic rings. The molecule has 0 aliphatic carbocycles. The van der Waals surface area contributed by atoms with Crippen molar-refractivity contribution in [1.29, 1.82) is 0 Å². The first-order valence-electron chi connectivity index (χ1n) is 3.82. The van der Waals surface area contributed by atoms with Gasteiger partial charge in [0.05, 0.1) is 40.0 Å². The van der Waals surface area contributed by atoms with Gasteiger partial charge in [-0.1, -0.05) is 0 Å². The van der Waals surface area contributed by atoms with Crippen LogP contribution in [0, 0.1) is 5.92 Å². The Labute approximate surface area is 72.4 Å². The highest BCUT2D eigenvalue weighted by atomic mass is 16.4. The number of aliphatic carboxylic acids is 1. The number of hydrogen-bond acceptors (Lipinski definition) is 2. The monoisotopic (exact) mass is 174 g/mol. The molecule has 0 radical (unpaired) electrons. The maximum Gasteiger partial charge on any atom is 0.304 e. The van der Waals surface area contributed by atoms with Crippen LogP contribution in [0.25, 0.3) is 0 Å². The number of carbonyl (C=O) groups excluding carboxylic acids is 1. The van der Waals surface area contributed by atoms with Gasteiger partial charge < -0.3 is 14.4 Å². The van der Waals surface area contributed by atoms with Crippen molar-refractivity contribution in [2.24, 2.45) is 5.92 Å². The molecule has 0 aromatic heterocycles. The van der Waals surface area contributed by atoms with E-state index in [1.165, 1.54) is 0 Å². The van der Waals surface area contributed by atoms with Gasteiger partial charge in [0, 0.05) is 0 Å². The van der Waals surface area contributed by atoms with Crippen LogP contribution in [0.5, 0.6) is 0 Å². The standard InChI is InChI=1S/C8H15NO3/c1-9(2,3)5-7(6-10)4-8(11)12/h6-7H,4-5H2,1-3H3/p+1/t7-/m1/s1. The summed E-state index contributed by atoms with van der Waals surface area (Å²) >= 11 is 0. The fourth-order valence-corrected chi connectivity index (χ4v) is 1.08. The van der Waals surface area contributed by atoms with Crippen molar-refractivity contribution in [3.8, 4) is 0 Å². The van der Waals surface area contributed by atoms with E-state index in [0.717, 1.165) is 6.29 Å². The lowest BCUT2D eigenvalue weighted by atomic mass is 10.1. The first kappa shape index (κ1) is 11.1. The van der Waals surface area contributed by atoms with Crippen LogP contribution in [-0.2, 0) is 9.59 Å². The zero-order valence-corrected chi connectivity index (χ0v) is 7.78.